The van der Waals surface area contributed by atoms with Crippen molar-refractivity contribution in [2.75, 3.05) is 39.5 Å². The van der Waals surface area contributed by atoms with Gasteiger partial charge < -0.3 is 19.9 Å². The van der Waals surface area contributed by atoms with E-state index < -0.39 is 0 Å². The summed E-state index contributed by atoms with van der Waals surface area (Å²) in [6.07, 6.45) is 4.02. The summed E-state index contributed by atoms with van der Waals surface area (Å²) >= 11 is 0. The Morgan fingerprint density at radius 1 is 1.33 bits per heavy atom. The number of nitrogens with one attached hydrogen (secondary N) is 1. The number of carbonyl (C=O) groups is 2. The van der Waals surface area contributed by atoms with Crippen molar-refractivity contribution < 1.29 is 24.2 Å². The lowest BCUT2D eigenvalue weighted by atomic mass is 10.1. The maximum atomic E-state index is 12.1. The highest BCUT2D eigenvalue weighted by atomic mass is 16.5. The van der Waals surface area contributed by atoms with E-state index in [2.05, 4.69) is 15.3 Å². The van der Waals surface area contributed by atoms with Crippen molar-refractivity contribution in [3.63, 3.8) is 0 Å². The molecule has 2 saturated heterocycles. The Kier molecular flexibility index (Phi) is 7.66. The molecule has 2 aliphatic heterocycles. The van der Waals surface area contributed by atoms with E-state index in [1.807, 2.05) is 12.3 Å². The summed E-state index contributed by atoms with van der Waals surface area (Å²) in [4.78, 5) is 22.8. The van der Waals surface area contributed by atoms with Gasteiger partial charge in [0.05, 0.1) is 38.5 Å². The summed E-state index contributed by atoms with van der Waals surface area (Å²) in [6, 6.07) is 2.20. The number of amides is 1. The highest BCUT2D eigenvalue weighted by molar-refractivity contribution is 5.76. The van der Waals surface area contributed by atoms with E-state index in [1.54, 1.807) is 10.9 Å². The predicted molar refractivity (Wildman–Crippen MR) is 84.5 cm³/mol. The third-order valence-electron chi connectivity index (χ3n) is 4.04. The van der Waals surface area contributed by atoms with Gasteiger partial charge in [0.25, 0.3) is 6.47 Å². The second kappa shape index (κ2) is 10.0. The molecule has 0 unspecified atom stereocenters. The largest absolute Gasteiger partial charge is 0.483 e. The van der Waals surface area contributed by atoms with Gasteiger partial charge >= 0.3 is 0 Å². The smallest absolute Gasteiger partial charge is 0.290 e. The average molecular weight is 340 g/mol. The minimum absolute atomic E-state index is 0.0549. The monoisotopic (exact) mass is 340 g/mol. The van der Waals surface area contributed by atoms with Crippen molar-refractivity contribution >= 4 is 12.4 Å². The van der Waals surface area contributed by atoms with Crippen LogP contribution in [-0.2, 0) is 25.6 Å². The second-order valence-corrected chi connectivity index (χ2v) is 5.55. The minimum atomic E-state index is -0.250. The van der Waals surface area contributed by atoms with Crippen LogP contribution in [0.2, 0.25) is 0 Å². The highest BCUT2D eigenvalue weighted by Crippen LogP contribution is 2.15. The van der Waals surface area contributed by atoms with Gasteiger partial charge in [0.15, 0.2) is 0 Å². The molecule has 2 aliphatic rings. The Balaban J connectivity index is 0.000000647. The lowest BCUT2D eigenvalue weighted by Gasteiger charge is -2.34. The van der Waals surface area contributed by atoms with Crippen LogP contribution in [0, 0.1) is 0 Å². The number of aromatic nitrogens is 2. The summed E-state index contributed by atoms with van der Waals surface area (Å²) in [5, 5.41) is 14.1. The van der Waals surface area contributed by atoms with Crippen molar-refractivity contribution in [1.29, 1.82) is 0 Å². The Hall–Kier alpha value is -1.97. The molecule has 24 heavy (non-hydrogen) atoms. The van der Waals surface area contributed by atoms with Crippen molar-refractivity contribution in [2.24, 2.45) is 0 Å². The molecular formula is C15H24N4O5. The maximum Gasteiger partial charge on any atom is 0.290 e. The molecule has 3 heterocycles. The quantitative estimate of drug-likeness (QED) is 0.675. The van der Waals surface area contributed by atoms with E-state index in [1.165, 1.54) is 0 Å². The molecule has 2 N–H and O–H groups in total. The number of carboxylic acid groups (broad SMARTS) is 1. The Morgan fingerprint density at radius 2 is 2.08 bits per heavy atom. The number of hydrogen-bond acceptors (Lipinski definition) is 6. The van der Waals surface area contributed by atoms with Crippen LogP contribution in [-0.4, -0.2) is 83.8 Å². The third-order valence-corrected chi connectivity index (χ3v) is 4.04. The first-order valence-electron chi connectivity index (χ1n) is 7.98. The number of morpholine rings is 1. The zero-order valence-electron chi connectivity index (χ0n) is 13.5. The van der Waals surface area contributed by atoms with E-state index in [4.69, 9.17) is 19.4 Å². The molecule has 0 radical (unpaired) electrons. The molecule has 0 aliphatic carbocycles. The molecule has 9 heteroatoms. The van der Waals surface area contributed by atoms with Gasteiger partial charge in [-0.05, 0) is 6.07 Å². The van der Waals surface area contributed by atoms with Gasteiger partial charge in [-0.15, -0.1) is 0 Å². The lowest BCUT2D eigenvalue weighted by molar-refractivity contribution is -0.123. The van der Waals surface area contributed by atoms with Crippen LogP contribution in [0.5, 0.6) is 0 Å². The molecule has 2 fully saturated rings. The van der Waals surface area contributed by atoms with Gasteiger partial charge in [-0.25, -0.2) is 0 Å². The zero-order valence-corrected chi connectivity index (χ0v) is 13.5. The van der Waals surface area contributed by atoms with Crippen LogP contribution in [0.15, 0.2) is 18.5 Å². The van der Waals surface area contributed by atoms with E-state index in [0.29, 0.717) is 26.2 Å². The van der Waals surface area contributed by atoms with E-state index in [0.717, 1.165) is 26.3 Å². The fourth-order valence-corrected chi connectivity index (χ4v) is 2.88. The molecule has 1 aromatic heterocycles. The molecule has 2 atom stereocenters. The summed E-state index contributed by atoms with van der Waals surface area (Å²) < 4.78 is 12.7. The Bertz CT molecular complexity index is 490. The summed E-state index contributed by atoms with van der Waals surface area (Å²) in [6.45, 7) is 4.97. The number of hydrogen-bond donors (Lipinski definition) is 2. The van der Waals surface area contributed by atoms with E-state index in [-0.39, 0.29) is 24.5 Å². The van der Waals surface area contributed by atoms with Crippen LogP contribution in [0.4, 0.5) is 0 Å². The summed E-state index contributed by atoms with van der Waals surface area (Å²) in [5.74, 6) is 0.0549. The third kappa shape index (κ3) is 5.59. The lowest BCUT2D eigenvalue weighted by Crippen LogP contribution is -2.54. The van der Waals surface area contributed by atoms with Gasteiger partial charge in [0, 0.05) is 38.4 Å². The maximum absolute atomic E-state index is 12.1. The molecule has 0 saturated carbocycles. The predicted octanol–water partition coefficient (Wildman–Crippen LogP) is -0.810. The first kappa shape index (κ1) is 18.4. The first-order valence-corrected chi connectivity index (χ1v) is 7.98. The van der Waals surface area contributed by atoms with Crippen LogP contribution >= 0.6 is 0 Å². The number of aryl methyl sites for hydroxylation is 1. The van der Waals surface area contributed by atoms with Gasteiger partial charge in [-0.2, -0.15) is 5.10 Å². The number of nitrogens with zero attached hydrogens (tertiary/aromatic N) is 3. The van der Waals surface area contributed by atoms with Crippen LogP contribution in [0.3, 0.4) is 0 Å². The average Bonchev–Trinajstić information content (AvgIpc) is 3.26. The normalized spacial score (nSPS) is 24.0. The molecule has 0 bridgehead atoms. The molecule has 1 amide bonds. The Labute approximate surface area is 140 Å². The van der Waals surface area contributed by atoms with Crippen molar-refractivity contribution in [2.45, 2.75) is 25.0 Å². The summed E-state index contributed by atoms with van der Waals surface area (Å²) in [5.41, 5.74) is 0. The molecule has 3 rings (SSSR count). The standard InChI is InChI=1S/C14H22N4O3.CH2O2/c19-14(2-5-18-4-1-3-15-18)16-12-10-21-11-13(12)17-6-8-20-9-7-17;2-1-3/h1,3-4,12-13H,2,5-11H2,(H,16,19);1H,(H,2,3)/t12-,13-;/m0./s1. The van der Waals surface area contributed by atoms with Gasteiger partial charge in [-0.1, -0.05) is 0 Å². The number of ether oxygens (including phenoxy) is 2. The van der Waals surface area contributed by atoms with Gasteiger partial charge in [0.1, 0.15) is 0 Å². The SMILES string of the molecule is O=C(CCn1cccn1)N[C@H]1COC[C@@H]1N1CCOCC1.O=CO. The van der Waals surface area contributed by atoms with Crippen LogP contribution < -0.4 is 5.32 Å². The van der Waals surface area contributed by atoms with Crippen molar-refractivity contribution in [3.8, 4) is 0 Å². The van der Waals surface area contributed by atoms with Crippen molar-refractivity contribution in [3.05, 3.63) is 18.5 Å². The van der Waals surface area contributed by atoms with E-state index >= 15 is 0 Å². The van der Waals surface area contributed by atoms with Gasteiger partial charge in [0.2, 0.25) is 5.91 Å². The second-order valence-electron chi connectivity index (χ2n) is 5.55. The number of carbonyl (C=O) groups excluding carboxylic acids is 1. The fourth-order valence-electron chi connectivity index (χ4n) is 2.88. The summed E-state index contributed by atoms with van der Waals surface area (Å²) in [7, 11) is 0. The zero-order chi connectivity index (χ0) is 17.2. The molecule has 0 spiro atoms. The molecule has 134 valence electrons. The Morgan fingerprint density at radius 3 is 2.75 bits per heavy atom. The fraction of sp³-hybridized carbons (Fsp3) is 0.667. The molecule has 9 nitrogen and oxygen atoms in total. The minimum Gasteiger partial charge on any atom is -0.483 e. The topological polar surface area (TPSA) is 106 Å². The van der Waals surface area contributed by atoms with E-state index in [9.17, 15) is 4.79 Å². The molecule has 0 aromatic carbocycles. The number of rotatable bonds is 5. The molecular weight excluding hydrogens is 316 g/mol. The van der Waals surface area contributed by atoms with Gasteiger partial charge in [-0.3, -0.25) is 19.2 Å². The highest BCUT2D eigenvalue weighted by Gasteiger charge is 2.34. The first-order chi connectivity index (χ1) is 11.7. The molecule has 1 aromatic rings. The van der Waals surface area contributed by atoms with Crippen LogP contribution in [0.1, 0.15) is 6.42 Å². The van der Waals surface area contributed by atoms with Crippen LogP contribution in [0.25, 0.3) is 0 Å². The van der Waals surface area contributed by atoms with Crippen molar-refractivity contribution in [1.82, 2.24) is 20.0 Å².